The first-order valence-electron chi connectivity index (χ1n) is 4.68. The second-order valence-corrected chi connectivity index (χ2v) is 6.93. The van der Waals surface area contributed by atoms with Crippen molar-refractivity contribution in [3.63, 3.8) is 0 Å². The Morgan fingerprint density at radius 1 is 1.35 bits per heavy atom. The van der Waals surface area contributed by atoms with Crippen molar-refractivity contribution < 1.29 is 8.42 Å². The number of anilines is 1. The van der Waals surface area contributed by atoms with Crippen LogP contribution in [0.3, 0.4) is 0 Å². The molecule has 17 heavy (non-hydrogen) atoms. The number of nitrogens with zero attached hydrogens (tertiary/aromatic N) is 1. The van der Waals surface area contributed by atoms with Gasteiger partial charge in [0.15, 0.2) is 0 Å². The van der Waals surface area contributed by atoms with Gasteiger partial charge in [-0.2, -0.15) is 0 Å². The molecule has 0 amide bonds. The van der Waals surface area contributed by atoms with Gasteiger partial charge < -0.3 is 0 Å². The Bertz CT molecular complexity index is 604. The first kappa shape index (κ1) is 12.3. The number of rotatable bonds is 3. The molecule has 0 saturated carbocycles. The summed E-state index contributed by atoms with van der Waals surface area (Å²) in [6, 6.07) is 4.72. The maximum absolute atomic E-state index is 12.0. The van der Waals surface area contributed by atoms with E-state index in [1.165, 1.54) is 12.4 Å². The van der Waals surface area contributed by atoms with Gasteiger partial charge in [-0.25, -0.2) is 8.42 Å². The minimum atomic E-state index is -3.56. The number of sulfonamides is 1. The van der Waals surface area contributed by atoms with Crippen LogP contribution in [0.25, 0.3) is 0 Å². The first-order valence-corrected chi connectivity index (χ1v) is 7.35. The summed E-state index contributed by atoms with van der Waals surface area (Å²) in [4.78, 5) is 3.81. The molecule has 7 heteroatoms. The molecule has 0 saturated heterocycles. The van der Waals surface area contributed by atoms with Gasteiger partial charge in [-0.3, -0.25) is 9.71 Å². The third-order valence-corrected chi connectivity index (χ3v) is 5.44. The second kappa shape index (κ2) is 4.64. The Balaban J connectivity index is 2.32. The third kappa shape index (κ3) is 2.77. The predicted molar refractivity (Wildman–Crippen MR) is 69.1 cm³/mol. The Hall–Kier alpha value is -1.11. The molecule has 0 radical (unpaired) electrons. The Labute approximate surface area is 108 Å². The lowest BCUT2D eigenvalue weighted by molar-refractivity contribution is 0.603. The molecule has 0 aromatic carbocycles. The quantitative estimate of drug-likeness (QED) is 0.945. The number of halogens is 1. The molecule has 90 valence electrons. The summed E-state index contributed by atoms with van der Waals surface area (Å²) < 4.78 is 27.1. The van der Waals surface area contributed by atoms with Gasteiger partial charge in [0.05, 0.1) is 10.0 Å². The van der Waals surface area contributed by atoms with Crippen molar-refractivity contribution in [3.8, 4) is 0 Å². The van der Waals surface area contributed by atoms with Crippen molar-refractivity contribution in [2.45, 2.75) is 11.1 Å². The van der Waals surface area contributed by atoms with E-state index in [-0.39, 0.29) is 4.21 Å². The lowest BCUT2D eigenvalue weighted by atomic mass is 10.4. The summed E-state index contributed by atoms with van der Waals surface area (Å²) in [6.07, 6.45) is 3.04. The highest BCUT2D eigenvalue weighted by Crippen LogP contribution is 2.31. The van der Waals surface area contributed by atoms with Crippen molar-refractivity contribution in [1.29, 1.82) is 0 Å². The molecular weight excluding hydrogens is 280 g/mol. The third-order valence-electron chi connectivity index (χ3n) is 2.03. The van der Waals surface area contributed by atoms with Crippen LogP contribution in [-0.4, -0.2) is 13.4 Å². The zero-order chi connectivity index (χ0) is 12.5. The SMILES string of the molecule is Cc1cc(S(=O)(=O)Nc2ccncc2)sc1Cl. The molecular formula is C10H9ClN2O2S2. The van der Waals surface area contributed by atoms with Crippen molar-refractivity contribution in [3.05, 3.63) is 40.5 Å². The molecule has 0 bridgehead atoms. The van der Waals surface area contributed by atoms with Crippen LogP contribution in [0.4, 0.5) is 5.69 Å². The smallest absolute Gasteiger partial charge is 0.271 e. The normalized spacial score (nSPS) is 11.4. The highest BCUT2D eigenvalue weighted by Gasteiger charge is 2.18. The molecule has 0 unspecified atom stereocenters. The van der Waals surface area contributed by atoms with Crippen LogP contribution in [0.2, 0.25) is 4.34 Å². The number of nitrogens with one attached hydrogen (secondary N) is 1. The summed E-state index contributed by atoms with van der Waals surface area (Å²) in [7, 11) is -3.56. The van der Waals surface area contributed by atoms with Gasteiger partial charge >= 0.3 is 0 Å². The molecule has 0 aliphatic rings. The Morgan fingerprint density at radius 2 is 2.00 bits per heavy atom. The predicted octanol–water partition coefficient (Wildman–Crippen LogP) is 2.91. The molecule has 0 atom stereocenters. The van der Waals surface area contributed by atoms with Gasteiger partial charge in [-0.15, -0.1) is 11.3 Å². The largest absolute Gasteiger partial charge is 0.279 e. The standard InChI is InChI=1S/C10H9ClN2O2S2/c1-7-6-9(16-10(7)11)17(14,15)13-8-2-4-12-5-3-8/h2-6H,1H3,(H,12,13). The lowest BCUT2D eigenvalue weighted by Crippen LogP contribution is -2.11. The minimum absolute atomic E-state index is 0.205. The van der Waals surface area contributed by atoms with E-state index < -0.39 is 10.0 Å². The molecule has 0 aliphatic carbocycles. The van der Waals surface area contributed by atoms with Crippen LogP contribution < -0.4 is 4.72 Å². The number of aromatic nitrogens is 1. The highest BCUT2D eigenvalue weighted by atomic mass is 35.5. The average Bonchev–Trinajstić information content (AvgIpc) is 2.61. The summed E-state index contributed by atoms with van der Waals surface area (Å²) >= 11 is 6.89. The van der Waals surface area contributed by atoms with Crippen molar-refractivity contribution >= 4 is 38.6 Å². The number of hydrogen-bond acceptors (Lipinski definition) is 4. The maximum Gasteiger partial charge on any atom is 0.271 e. The van der Waals surface area contributed by atoms with E-state index in [4.69, 9.17) is 11.6 Å². The van der Waals surface area contributed by atoms with Gasteiger partial charge in [0.1, 0.15) is 4.21 Å². The number of pyridine rings is 1. The molecule has 2 rings (SSSR count). The Morgan fingerprint density at radius 3 is 2.53 bits per heavy atom. The summed E-state index contributed by atoms with van der Waals surface area (Å²) in [5.74, 6) is 0. The summed E-state index contributed by atoms with van der Waals surface area (Å²) in [5, 5.41) is 0. The number of thiophene rings is 1. The second-order valence-electron chi connectivity index (χ2n) is 3.36. The summed E-state index contributed by atoms with van der Waals surface area (Å²) in [5.41, 5.74) is 1.23. The molecule has 0 aliphatic heterocycles. The first-order chi connectivity index (χ1) is 7.99. The van der Waals surface area contributed by atoms with Crippen LogP contribution in [0.5, 0.6) is 0 Å². The van der Waals surface area contributed by atoms with Gasteiger partial charge in [-0.1, -0.05) is 11.6 Å². The van der Waals surface area contributed by atoms with Crippen LogP contribution in [0, 0.1) is 6.92 Å². The van der Waals surface area contributed by atoms with E-state index in [1.54, 1.807) is 25.1 Å². The molecule has 2 aromatic heterocycles. The van der Waals surface area contributed by atoms with Crippen LogP contribution >= 0.6 is 22.9 Å². The molecule has 4 nitrogen and oxygen atoms in total. The average molecular weight is 289 g/mol. The van der Waals surface area contributed by atoms with Gasteiger partial charge in [-0.05, 0) is 30.7 Å². The fourth-order valence-corrected chi connectivity index (χ4v) is 3.96. The van der Waals surface area contributed by atoms with E-state index in [0.29, 0.717) is 10.0 Å². The molecule has 0 spiro atoms. The zero-order valence-electron chi connectivity index (χ0n) is 8.84. The molecule has 2 heterocycles. The summed E-state index contributed by atoms with van der Waals surface area (Å²) in [6.45, 7) is 1.77. The number of aryl methyl sites for hydroxylation is 1. The van der Waals surface area contributed by atoms with Gasteiger partial charge in [0.2, 0.25) is 0 Å². The minimum Gasteiger partial charge on any atom is -0.279 e. The van der Waals surface area contributed by atoms with Gasteiger partial charge in [0.25, 0.3) is 10.0 Å². The molecule has 2 aromatic rings. The van der Waals surface area contributed by atoms with Crippen molar-refractivity contribution in [2.24, 2.45) is 0 Å². The maximum atomic E-state index is 12.0. The van der Waals surface area contributed by atoms with Crippen LogP contribution in [0.1, 0.15) is 5.56 Å². The highest BCUT2D eigenvalue weighted by molar-refractivity contribution is 7.94. The van der Waals surface area contributed by atoms with Crippen molar-refractivity contribution in [1.82, 2.24) is 4.98 Å². The van der Waals surface area contributed by atoms with E-state index in [2.05, 4.69) is 9.71 Å². The van der Waals surface area contributed by atoms with Crippen molar-refractivity contribution in [2.75, 3.05) is 4.72 Å². The fraction of sp³-hybridized carbons (Fsp3) is 0.100. The van der Waals surface area contributed by atoms with E-state index in [1.807, 2.05) is 0 Å². The topological polar surface area (TPSA) is 59.1 Å². The monoisotopic (exact) mass is 288 g/mol. The Kier molecular flexibility index (Phi) is 3.37. The number of hydrogen-bond donors (Lipinski definition) is 1. The van der Waals surface area contributed by atoms with Crippen LogP contribution in [-0.2, 0) is 10.0 Å². The van der Waals surface area contributed by atoms with E-state index >= 15 is 0 Å². The zero-order valence-corrected chi connectivity index (χ0v) is 11.2. The molecule has 0 fully saturated rings. The lowest BCUT2D eigenvalue weighted by Gasteiger charge is -2.04. The fourth-order valence-electron chi connectivity index (χ4n) is 1.19. The van der Waals surface area contributed by atoms with Gasteiger partial charge in [0, 0.05) is 12.4 Å². The van der Waals surface area contributed by atoms with Crippen LogP contribution in [0.15, 0.2) is 34.8 Å². The van der Waals surface area contributed by atoms with E-state index in [9.17, 15) is 8.42 Å². The molecule has 1 N–H and O–H groups in total. The van der Waals surface area contributed by atoms with E-state index in [0.717, 1.165) is 16.9 Å².